The summed E-state index contributed by atoms with van der Waals surface area (Å²) in [6.07, 6.45) is 1.83. The molecule has 2 saturated heterocycles. The Kier molecular flexibility index (Phi) is 6.70. The molecule has 2 aliphatic heterocycles. The number of para-hydroxylation sites is 2. The number of hydrogen-bond donors (Lipinski definition) is 0. The molecular formula is C24H25N5O8. The van der Waals surface area contributed by atoms with Crippen molar-refractivity contribution in [2.75, 3.05) is 25.2 Å². The summed E-state index contributed by atoms with van der Waals surface area (Å²) >= 11 is 0. The van der Waals surface area contributed by atoms with Crippen LogP contribution in [0.15, 0.2) is 28.8 Å². The standard InChI is InChI=1S/C24H25N5O8/c1-35-16-6-3-2-5-15(16)29(21(31)17-7-4-10-36-17)20(30)11-18-25-19(37-26-18)13-28-23(33)22(32)27(24(28)34)12-14-8-9-14/h2-3,5-6,14,17H,4,7-13H2,1H3. The third-order valence-corrected chi connectivity index (χ3v) is 6.39. The fraction of sp³-hybridized carbons (Fsp3) is 0.458. The second kappa shape index (κ2) is 10.1. The maximum Gasteiger partial charge on any atom is 0.334 e. The molecule has 1 unspecified atom stereocenters. The fourth-order valence-corrected chi connectivity index (χ4v) is 4.29. The molecule has 6 amide bonds. The van der Waals surface area contributed by atoms with Crippen molar-refractivity contribution in [3.63, 3.8) is 0 Å². The minimum atomic E-state index is -0.967. The average Bonchev–Trinajstić information content (AvgIpc) is 3.27. The van der Waals surface area contributed by atoms with Crippen LogP contribution in [0.3, 0.4) is 0 Å². The molecule has 13 nitrogen and oxygen atoms in total. The highest BCUT2D eigenvalue weighted by atomic mass is 16.5. The molecule has 0 bridgehead atoms. The first-order valence-electron chi connectivity index (χ1n) is 12.0. The summed E-state index contributed by atoms with van der Waals surface area (Å²) in [6, 6.07) is 5.86. The molecule has 5 rings (SSSR count). The van der Waals surface area contributed by atoms with Crippen LogP contribution in [-0.2, 0) is 36.9 Å². The molecule has 1 aromatic heterocycles. The quantitative estimate of drug-likeness (QED) is 0.353. The summed E-state index contributed by atoms with van der Waals surface area (Å²) in [5.41, 5.74) is 0.252. The van der Waals surface area contributed by atoms with E-state index in [1.807, 2.05) is 0 Å². The van der Waals surface area contributed by atoms with Crippen molar-refractivity contribution >= 4 is 35.3 Å². The van der Waals surface area contributed by atoms with E-state index < -0.39 is 48.7 Å². The number of rotatable bonds is 9. The molecule has 3 aliphatic rings. The molecule has 0 spiro atoms. The smallest absolute Gasteiger partial charge is 0.334 e. The lowest BCUT2D eigenvalue weighted by molar-refractivity contribution is -0.143. The lowest BCUT2D eigenvalue weighted by Gasteiger charge is -2.24. The zero-order valence-electron chi connectivity index (χ0n) is 20.1. The predicted molar refractivity (Wildman–Crippen MR) is 123 cm³/mol. The number of hydrogen-bond acceptors (Lipinski definition) is 10. The van der Waals surface area contributed by atoms with E-state index in [-0.39, 0.29) is 29.9 Å². The van der Waals surface area contributed by atoms with Gasteiger partial charge in [-0.3, -0.25) is 24.1 Å². The van der Waals surface area contributed by atoms with Gasteiger partial charge in [0.25, 0.3) is 5.91 Å². The molecule has 1 saturated carbocycles. The van der Waals surface area contributed by atoms with Crippen molar-refractivity contribution in [3.05, 3.63) is 36.0 Å². The Bertz CT molecular complexity index is 1250. The van der Waals surface area contributed by atoms with E-state index in [1.165, 1.54) is 7.11 Å². The van der Waals surface area contributed by atoms with Gasteiger partial charge in [0.2, 0.25) is 11.8 Å². The van der Waals surface area contributed by atoms with Gasteiger partial charge in [0.1, 0.15) is 18.4 Å². The maximum absolute atomic E-state index is 13.3. The highest BCUT2D eigenvalue weighted by molar-refractivity contribution is 6.44. The molecule has 37 heavy (non-hydrogen) atoms. The number of urea groups is 1. The Labute approximate surface area is 211 Å². The van der Waals surface area contributed by atoms with Gasteiger partial charge in [-0.25, -0.2) is 14.6 Å². The first-order valence-corrected chi connectivity index (χ1v) is 12.0. The van der Waals surface area contributed by atoms with Gasteiger partial charge in [-0.1, -0.05) is 17.3 Å². The van der Waals surface area contributed by atoms with Crippen LogP contribution in [0.25, 0.3) is 0 Å². The van der Waals surface area contributed by atoms with E-state index in [9.17, 15) is 24.0 Å². The van der Waals surface area contributed by atoms with Crippen LogP contribution < -0.4 is 9.64 Å². The van der Waals surface area contributed by atoms with Crippen LogP contribution >= 0.6 is 0 Å². The summed E-state index contributed by atoms with van der Waals surface area (Å²) in [7, 11) is 1.43. The van der Waals surface area contributed by atoms with Crippen molar-refractivity contribution in [2.45, 2.75) is 44.8 Å². The number of ether oxygens (including phenoxy) is 2. The zero-order valence-corrected chi connectivity index (χ0v) is 20.1. The van der Waals surface area contributed by atoms with Gasteiger partial charge in [-0.15, -0.1) is 0 Å². The summed E-state index contributed by atoms with van der Waals surface area (Å²) in [6.45, 7) is 0.227. The van der Waals surface area contributed by atoms with Gasteiger partial charge in [0, 0.05) is 13.2 Å². The Morgan fingerprint density at radius 3 is 2.57 bits per heavy atom. The predicted octanol–water partition coefficient (Wildman–Crippen LogP) is 1.06. The number of methoxy groups -OCH3 is 1. The molecular weight excluding hydrogens is 486 g/mol. The van der Waals surface area contributed by atoms with E-state index >= 15 is 0 Å². The molecule has 3 heterocycles. The maximum atomic E-state index is 13.3. The van der Waals surface area contributed by atoms with E-state index in [2.05, 4.69) is 10.1 Å². The molecule has 2 aromatic rings. The average molecular weight is 511 g/mol. The van der Waals surface area contributed by atoms with E-state index in [0.29, 0.717) is 25.2 Å². The van der Waals surface area contributed by atoms with Gasteiger partial charge in [0.15, 0.2) is 5.82 Å². The second-order valence-electron chi connectivity index (χ2n) is 9.06. The minimum Gasteiger partial charge on any atom is -0.495 e. The first-order chi connectivity index (χ1) is 17.9. The lowest BCUT2D eigenvalue weighted by atomic mass is 10.1. The summed E-state index contributed by atoms with van der Waals surface area (Å²) in [5.74, 6) is -2.65. The monoisotopic (exact) mass is 511 g/mol. The Morgan fingerprint density at radius 2 is 1.86 bits per heavy atom. The fourth-order valence-electron chi connectivity index (χ4n) is 4.29. The molecule has 1 atom stereocenters. The highest BCUT2D eigenvalue weighted by Crippen LogP contribution is 2.32. The van der Waals surface area contributed by atoms with Crippen LogP contribution in [0.1, 0.15) is 37.4 Å². The summed E-state index contributed by atoms with van der Waals surface area (Å²) < 4.78 is 16.0. The number of nitrogens with zero attached hydrogens (tertiary/aromatic N) is 5. The SMILES string of the molecule is COc1ccccc1N(C(=O)Cc1noc(CN2C(=O)C(=O)N(CC3CC3)C2=O)n1)C(=O)C1CCCO1. The lowest BCUT2D eigenvalue weighted by Crippen LogP contribution is -2.44. The Morgan fingerprint density at radius 1 is 1.11 bits per heavy atom. The number of carbonyl (C=O) groups excluding carboxylic acids is 5. The van der Waals surface area contributed by atoms with Crippen molar-refractivity contribution in [1.82, 2.24) is 19.9 Å². The van der Waals surface area contributed by atoms with Crippen LogP contribution in [0, 0.1) is 5.92 Å². The number of anilines is 1. The Hall–Kier alpha value is -4.13. The molecule has 3 fully saturated rings. The third-order valence-electron chi connectivity index (χ3n) is 6.39. The van der Waals surface area contributed by atoms with E-state index in [0.717, 1.165) is 27.5 Å². The molecule has 0 N–H and O–H groups in total. The topological polar surface area (TPSA) is 152 Å². The van der Waals surface area contributed by atoms with Crippen molar-refractivity contribution in [1.29, 1.82) is 0 Å². The van der Waals surface area contributed by atoms with Crippen LogP contribution in [-0.4, -0.2) is 76.0 Å². The normalized spacial score (nSPS) is 19.6. The van der Waals surface area contributed by atoms with Gasteiger partial charge < -0.3 is 14.0 Å². The van der Waals surface area contributed by atoms with Crippen LogP contribution in [0.2, 0.25) is 0 Å². The second-order valence-corrected chi connectivity index (χ2v) is 9.06. The van der Waals surface area contributed by atoms with Gasteiger partial charge >= 0.3 is 17.8 Å². The first kappa shape index (κ1) is 24.6. The van der Waals surface area contributed by atoms with Crippen molar-refractivity contribution in [3.8, 4) is 5.75 Å². The van der Waals surface area contributed by atoms with Crippen molar-refractivity contribution < 1.29 is 38.0 Å². The zero-order chi connectivity index (χ0) is 26.1. The summed E-state index contributed by atoms with van der Waals surface area (Å²) in [4.78, 5) is 70.5. The molecule has 1 aliphatic carbocycles. The molecule has 13 heteroatoms. The number of imide groups is 3. The Balaban J connectivity index is 1.31. The third kappa shape index (κ3) is 4.94. The van der Waals surface area contributed by atoms with Gasteiger partial charge in [-0.05, 0) is 43.7 Å². The number of benzene rings is 1. The molecule has 194 valence electrons. The number of aromatic nitrogens is 2. The minimum absolute atomic E-state index is 0.0553. The van der Waals surface area contributed by atoms with Gasteiger partial charge in [0.05, 0.1) is 19.2 Å². The molecule has 0 radical (unpaired) electrons. The number of amides is 6. The largest absolute Gasteiger partial charge is 0.495 e. The van der Waals surface area contributed by atoms with E-state index in [1.54, 1.807) is 24.3 Å². The van der Waals surface area contributed by atoms with Gasteiger partial charge in [-0.2, -0.15) is 4.98 Å². The number of carbonyl (C=O) groups is 5. The van der Waals surface area contributed by atoms with Crippen molar-refractivity contribution in [2.24, 2.45) is 5.92 Å². The van der Waals surface area contributed by atoms with Crippen LogP contribution in [0.4, 0.5) is 10.5 Å². The summed E-state index contributed by atoms with van der Waals surface area (Å²) in [5, 5.41) is 3.77. The molecule has 1 aromatic carbocycles. The van der Waals surface area contributed by atoms with E-state index in [4.69, 9.17) is 14.0 Å². The highest BCUT2D eigenvalue weighted by Gasteiger charge is 2.46. The van der Waals surface area contributed by atoms with Crippen LogP contribution in [0.5, 0.6) is 5.75 Å².